The molecule has 14 heavy (non-hydrogen) atoms. The number of anilines is 1. The van der Waals surface area contributed by atoms with Gasteiger partial charge in [0.05, 0.1) is 5.52 Å². The van der Waals surface area contributed by atoms with Gasteiger partial charge in [-0.3, -0.25) is 4.79 Å². The van der Waals surface area contributed by atoms with Gasteiger partial charge < -0.3 is 5.32 Å². The number of carbonyl (C=O) groups excluding carboxylic acids is 1. The number of nitrogens with one attached hydrogen (secondary N) is 1. The van der Waals surface area contributed by atoms with Crippen molar-refractivity contribution in [3.63, 3.8) is 0 Å². The van der Waals surface area contributed by atoms with Gasteiger partial charge in [-0.25, -0.2) is 4.52 Å². The van der Waals surface area contributed by atoms with Crippen molar-refractivity contribution >= 4 is 33.2 Å². The summed E-state index contributed by atoms with van der Waals surface area (Å²) in [5.41, 5.74) is 0.942. The molecule has 0 radical (unpaired) electrons. The highest BCUT2D eigenvalue weighted by Crippen LogP contribution is 2.15. The average Bonchev–Trinajstić information content (AvgIpc) is 2.44. The van der Waals surface area contributed by atoms with Crippen molar-refractivity contribution in [3.05, 3.63) is 28.9 Å². The van der Waals surface area contributed by atoms with Crippen molar-refractivity contribution in [2.45, 2.75) is 6.92 Å². The van der Waals surface area contributed by atoms with Gasteiger partial charge in [0.15, 0.2) is 5.82 Å². The SMILES string of the molecule is CC(=O)Nc1cc2ccc(Br)cn2n1. The number of aromatic nitrogens is 2. The Morgan fingerprint density at radius 1 is 1.57 bits per heavy atom. The minimum absolute atomic E-state index is 0.118. The van der Waals surface area contributed by atoms with E-state index in [2.05, 4.69) is 26.3 Å². The number of pyridine rings is 1. The summed E-state index contributed by atoms with van der Waals surface area (Å²) >= 11 is 3.34. The molecule has 4 nitrogen and oxygen atoms in total. The summed E-state index contributed by atoms with van der Waals surface area (Å²) in [6.07, 6.45) is 1.83. The first-order valence-electron chi connectivity index (χ1n) is 4.08. The van der Waals surface area contributed by atoms with Crippen LogP contribution in [0.1, 0.15) is 6.92 Å². The number of carbonyl (C=O) groups is 1. The van der Waals surface area contributed by atoms with E-state index in [0.717, 1.165) is 9.99 Å². The van der Waals surface area contributed by atoms with Crippen molar-refractivity contribution in [3.8, 4) is 0 Å². The molecule has 0 aliphatic rings. The first-order valence-corrected chi connectivity index (χ1v) is 4.87. The molecule has 1 N–H and O–H groups in total. The van der Waals surface area contributed by atoms with Crippen LogP contribution in [0.3, 0.4) is 0 Å². The van der Waals surface area contributed by atoms with Gasteiger partial charge in [0.25, 0.3) is 0 Å². The maximum atomic E-state index is 10.8. The maximum absolute atomic E-state index is 10.8. The fraction of sp³-hybridized carbons (Fsp3) is 0.111. The van der Waals surface area contributed by atoms with E-state index in [-0.39, 0.29) is 5.91 Å². The number of rotatable bonds is 1. The molecule has 0 saturated carbocycles. The van der Waals surface area contributed by atoms with E-state index >= 15 is 0 Å². The molecule has 2 aromatic heterocycles. The summed E-state index contributed by atoms with van der Waals surface area (Å²) in [6, 6.07) is 5.66. The summed E-state index contributed by atoms with van der Waals surface area (Å²) < 4.78 is 2.65. The van der Waals surface area contributed by atoms with Crippen LogP contribution in [0.2, 0.25) is 0 Å². The van der Waals surface area contributed by atoms with Crippen LogP contribution in [0.25, 0.3) is 5.52 Å². The van der Waals surface area contributed by atoms with E-state index in [1.165, 1.54) is 6.92 Å². The van der Waals surface area contributed by atoms with E-state index in [9.17, 15) is 4.79 Å². The molecule has 0 unspecified atom stereocenters. The van der Waals surface area contributed by atoms with Crippen LogP contribution in [0.5, 0.6) is 0 Å². The van der Waals surface area contributed by atoms with Crippen LogP contribution in [0, 0.1) is 0 Å². The number of nitrogens with zero attached hydrogens (tertiary/aromatic N) is 2. The summed E-state index contributed by atoms with van der Waals surface area (Å²) in [5, 5.41) is 6.80. The third-order valence-corrected chi connectivity index (χ3v) is 2.20. The molecule has 0 spiro atoms. The first kappa shape index (κ1) is 9.21. The van der Waals surface area contributed by atoms with Crippen LogP contribution in [-0.2, 0) is 4.79 Å². The molecule has 5 heteroatoms. The second-order valence-electron chi connectivity index (χ2n) is 2.93. The van der Waals surface area contributed by atoms with Gasteiger partial charge in [0, 0.05) is 23.7 Å². The minimum Gasteiger partial charge on any atom is -0.309 e. The van der Waals surface area contributed by atoms with Crippen LogP contribution in [-0.4, -0.2) is 15.5 Å². The first-order chi connectivity index (χ1) is 6.65. The number of halogens is 1. The van der Waals surface area contributed by atoms with E-state index in [1.54, 1.807) is 4.52 Å². The smallest absolute Gasteiger partial charge is 0.222 e. The maximum Gasteiger partial charge on any atom is 0.222 e. The molecule has 0 aliphatic heterocycles. The monoisotopic (exact) mass is 253 g/mol. The van der Waals surface area contributed by atoms with Gasteiger partial charge in [-0.1, -0.05) is 0 Å². The lowest BCUT2D eigenvalue weighted by Gasteiger charge is -1.93. The highest BCUT2D eigenvalue weighted by molar-refractivity contribution is 9.10. The molecule has 0 aromatic carbocycles. The summed E-state index contributed by atoms with van der Waals surface area (Å²) in [4.78, 5) is 10.8. The molecule has 1 amide bonds. The minimum atomic E-state index is -0.118. The fourth-order valence-electron chi connectivity index (χ4n) is 1.20. The van der Waals surface area contributed by atoms with Crippen molar-refractivity contribution in [2.24, 2.45) is 0 Å². The Bertz CT molecular complexity index is 492. The Morgan fingerprint density at radius 3 is 3.07 bits per heavy atom. The molecule has 0 bridgehead atoms. The molecular formula is C9H8BrN3O. The zero-order valence-electron chi connectivity index (χ0n) is 7.49. The molecule has 0 saturated heterocycles. The summed E-state index contributed by atoms with van der Waals surface area (Å²) in [5.74, 6) is 0.447. The molecular weight excluding hydrogens is 246 g/mol. The third-order valence-electron chi connectivity index (χ3n) is 1.73. The number of hydrogen-bond acceptors (Lipinski definition) is 2. The van der Waals surface area contributed by atoms with Gasteiger partial charge in [-0.2, -0.15) is 0 Å². The zero-order valence-corrected chi connectivity index (χ0v) is 9.08. The largest absolute Gasteiger partial charge is 0.309 e. The van der Waals surface area contributed by atoms with Crippen molar-refractivity contribution in [1.82, 2.24) is 9.61 Å². The van der Waals surface area contributed by atoms with Crippen molar-refractivity contribution in [1.29, 1.82) is 0 Å². The Balaban J connectivity index is 2.46. The van der Waals surface area contributed by atoms with Gasteiger partial charge in [-0.15, -0.1) is 5.10 Å². The highest BCUT2D eigenvalue weighted by Gasteiger charge is 2.02. The second kappa shape index (κ2) is 3.42. The van der Waals surface area contributed by atoms with Gasteiger partial charge in [-0.05, 0) is 28.1 Å². The van der Waals surface area contributed by atoms with Crippen molar-refractivity contribution < 1.29 is 4.79 Å². The lowest BCUT2D eigenvalue weighted by Crippen LogP contribution is -2.06. The predicted octanol–water partition coefficient (Wildman–Crippen LogP) is 2.06. The summed E-state index contributed by atoms with van der Waals surface area (Å²) in [6.45, 7) is 1.46. The average molecular weight is 254 g/mol. The molecule has 0 aliphatic carbocycles. The molecule has 2 heterocycles. The topological polar surface area (TPSA) is 46.4 Å². The zero-order chi connectivity index (χ0) is 10.1. The van der Waals surface area contributed by atoms with Crippen LogP contribution in [0.4, 0.5) is 5.82 Å². The Hall–Kier alpha value is -1.36. The Kier molecular flexibility index (Phi) is 2.25. The number of amides is 1. The Labute approximate surface area is 89.0 Å². The second-order valence-corrected chi connectivity index (χ2v) is 3.84. The lowest BCUT2D eigenvalue weighted by atomic mass is 10.4. The van der Waals surface area contributed by atoms with Crippen LogP contribution in [0.15, 0.2) is 28.9 Å². The van der Waals surface area contributed by atoms with Gasteiger partial charge in [0.1, 0.15) is 0 Å². The molecule has 0 fully saturated rings. The molecule has 2 rings (SSSR count). The quantitative estimate of drug-likeness (QED) is 0.846. The number of hydrogen-bond donors (Lipinski definition) is 1. The van der Waals surface area contributed by atoms with Gasteiger partial charge >= 0.3 is 0 Å². The molecule has 72 valence electrons. The Morgan fingerprint density at radius 2 is 2.36 bits per heavy atom. The number of fused-ring (bicyclic) bond motifs is 1. The third kappa shape index (κ3) is 1.77. The predicted molar refractivity (Wildman–Crippen MR) is 57.2 cm³/mol. The van der Waals surface area contributed by atoms with E-state index in [4.69, 9.17) is 0 Å². The standard InChI is InChI=1S/C9H8BrN3O/c1-6(14)11-9-4-8-3-2-7(10)5-13(8)12-9/h2-5H,1H3,(H,11,12,14). The van der Waals surface area contributed by atoms with E-state index in [1.807, 2.05) is 24.4 Å². The van der Waals surface area contributed by atoms with Crippen molar-refractivity contribution in [2.75, 3.05) is 5.32 Å². The fourth-order valence-corrected chi connectivity index (χ4v) is 1.53. The van der Waals surface area contributed by atoms with Gasteiger partial charge in [0.2, 0.25) is 5.91 Å². The highest BCUT2D eigenvalue weighted by atomic mass is 79.9. The van der Waals surface area contributed by atoms with Crippen LogP contribution >= 0.6 is 15.9 Å². The van der Waals surface area contributed by atoms with E-state index < -0.39 is 0 Å². The summed E-state index contributed by atoms with van der Waals surface area (Å²) in [7, 11) is 0. The normalized spacial score (nSPS) is 10.4. The molecule has 0 atom stereocenters. The van der Waals surface area contributed by atoms with Crippen LogP contribution < -0.4 is 5.32 Å². The molecule has 2 aromatic rings. The van der Waals surface area contributed by atoms with E-state index in [0.29, 0.717) is 5.82 Å². The lowest BCUT2D eigenvalue weighted by molar-refractivity contribution is -0.114.